The Bertz CT molecular complexity index is 2070. The molecule has 1 amide bonds. The number of hydrogen-bond donors (Lipinski definition) is 4. The van der Waals surface area contributed by atoms with E-state index in [0.29, 0.717) is 46.3 Å². The molecule has 1 saturated heterocycles. The molecule has 4 radical (unpaired) electrons. The minimum absolute atomic E-state index is 0.0233. The summed E-state index contributed by atoms with van der Waals surface area (Å²) in [6, 6.07) is 18.7. The maximum atomic E-state index is 13.9. The molecule has 2 spiro atoms. The van der Waals surface area contributed by atoms with Gasteiger partial charge in [0.25, 0.3) is 5.91 Å². The lowest BCUT2D eigenvalue weighted by atomic mass is 9.62. The predicted molar refractivity (Wildman–Crippen MR) is 206 cm³/mol. The number of fused-ring (bicyclic) bond motifs is 7. The van der Waals surface area contributed by atoms with Crippen LogP contribution in [0.25, 0.3) is 5.82 Å². The Morgan fingerprint density at radius 3 is 2.50 bits per heavy atom. The van der Waals surface area contributed by atoms with E-state index in [-0.39, 0.29) is 34.1 Å². The third-order valence-corrected chi connectivity index (χ3v) is 13.1. The molecule has 5 aliphatic rings. The molecule has 5 heterocycles. The third-order valence-electron chi connectivity index (χ3n) is 12.4. The van der Waals surface area contributed by atoms with Crippen molar-refractivity contribution < 1.29 is 24.5 Å². The standard InChI is InChI=1S/C39H43B2N7O5S/c1-35(2)21-25-9-6-19-42-31-27(52-23-24-7-4-3-5-8-24)11-13-30(44-31)54-46-33(49)26-10-12-28(43-32(26)47(35)22-25)48-20-14-29(45-48)53-39(41,51)38(40,50)34-36(15-16-36)37(34)17-18-37/h3-5,7-8,10-14,20,25,34,50-51H,6,9,15-19,21-23H2,1-2H3,(H,42,44)(H,46,49). The van der Waals surface area contributed by atoms with Crippen molar-refractivity contribution in [1.82, 2.24) is 24.5 Å². The summed E-state index contributed by atoms with van der Waals surface area (Å²) in [5.74, 6) is 1.96. The summed E-state index contributed by atoms with van der Waals surface area (Å²) >= 11 is 1.13. The van der Waals surface area contributed by atoms with Gasteiger partial charge in [-0.1, -0.05) is 30.3 Å². The Hall–Kier alpha value is -4.20. The number of rotatable bonds is 8. The molecule has 3 aliphatic carbocycles. The van der Waals surface area contributed by atoms with Crippen LogP contribution >= 0.6 is 11.9 Å². The molecule has 4 bridgehead atoms. The number of nitrogens with one attached hydrogen (secondary N) is 2. The lowest BCUT2D eigenvalue weighted by Crippen LogP contribution is -2.61. The van der Waals surface area contributed by atoms with Gasteiger partial charge in [-0.05, 0) is 111 Å². The van der Waals surface area contributed by atoms with Crippen LogP contribution in [0.4, 0.5) is 11.6 Å². The van der Waals surface area contributed by atoms with Gasteiger partial charge in [-0.15, -0.1) is 5.10 Å². The SMILES string of the molecule is [B]C(O)(Oc1ccn(-c2ccc3c(n2)N2CC(CCCNc4nc(ccc4OCc4ccccc4)SNC3=O)CC2(C)C)n1)C([B])(O)C1C2(CC2)C12CC2. The lowest BCUT2D eigenvalue weighted by Gasteiger charge is -2.40. The van der Waals surface area contributed by atoms with E-state index in [0.717, 1.165) is 75.5 Å². The Balaban J connectivity index is 0.965. The molecule has 1 aromatic carbocycles. The van der Waals surface area contributed by atoms with E-state index >= 15 is 0 Å². The average molecular weight is 744 g/mol. The van der Waals surface area contributed by atoms with Crippen molar-refractivity contribution in [2.75, 3.05) is 23.3 Å². The van der Waals surface area contributed by atoms with Crippen molar-refractivity contribution in [1.29, 1.82) is 0 Å². The lowest BCUT2D eigenvalue weighted by molar-refractivity contribution is -0.177. The average Bonchev–Trinajstić information content (AvgIpc) is 4.10. The highest BCUT2D eigenvalue weighted by Crippen LogP contribution is 2.94. The summed E-state index contributed by atoms with van der Waals surface area (Å²) < 4.78 is 16.3. The fourth-order valence-electron chi connectivity index (χ4n) is 9.48. The molecule has 15 heteroatoms. The Kier molecular flexibility index (Phi) is 8.33. The second-order valence-corrected chi connectivity index (χ2v) is 17.2. The first-order chi connectivity index (χ1) is 25.8. The van der Waals surface area contributed by atoms with Crippen LogP contribution in [0.15, 0.2) is 71.9 Å². The Morgan fingerprint density at radius 1 is 1.00 bits per heavy atom. The van der Waals surface area contributed by atoms with Gasteiger partial charge in [-0.3, -0.25) is 9.52 Å². The quantitative estimate of drug-likeness (QED) is 0.113. The predicted octanol–water partition coefficient (Wildman–Crippen LogP) is 4.73. The fraction of sp³-hybridized carbons (Fsp3) is 0.487. The summed E-state index contributed by atoms with van der Waals surface area (Å²) in [6.45, 7) is 6.22. The monoisotopic (exact) mass is 743 g/mol. The number of anilines is 2. The van der Waals surface area contributed by atoms with E-state index in [1.165, 1.54) is 10.7 Å². The number of carbonyl (C=O) groups excluding carboxylic acids is 1. The maximum absolute atomic E-state index is 13.9. The molecule has 54 heavy (non-hydrogen) atoms. The summed E-state index contributed by atoms with van der Waals surface area (Å²) in [7, 11) is 12.5. The molecule has 3 atom stereocenters. The van der Waals surface area contributed by atoms with E-state index < -0.39 is 11.2 Å². The largest absolute Gasteiger partial charge is 0.485 e. The van der Waals surface area contributed by atoms with Crippen LogP contribution in [0.1, 0.15) is 74.7 Å². The third kappa shape index (κ3) is 6.03. The van der Waals surface area contributed by atoms with Gasteiger partial charge in [-0.25, -0.2) is 14.6 Å². The first-order valence-electron chi connectivity index (χ1n) is 18.8. The van der Waals surface area contributed by atoms with Gasteiger partial charge in [0.2, 0.25) is 5.88 Å². The van der Waals surface area contributed by atoms with Gasteiger partial charge in [0.1, 0.15) is 25.3 Å². The highest BCUT2D eigenvalue weighted by molar-refractivity contribution is 7.97. The first-order valence-corrected chi connectivity index (χ1v) is 19.6. The zero-order chi connectivity index (χ0) is 37.5. The molecule has 276 valence electrons. The van der Waals surface area contributed by atoms with E-state index in [2.05, 4.69) is 33.9 Å². The number of nitrogens with zero attached hydrogens (tertiary/aromatic N) is 5. The van der Waals surface area contributed by atoms with Gasteiger partial charge >= 0.3 is 0 Å². The normalized spacial score (nSPS) is 24.2. The molecule has 4 aromatic rings. The number of pyridine rings is 2. The molecule has 9 rings (SSSR count). The van der Waals surface area contributed by atoms with Crippen LogP contribution in [0.2, 0.25) is 0 Å². The van der Waals surface area contributed by atoms with Crippen molar-refractivity contribution in [3.05, 3.63) is 78.0 Å². The van der Waals surface area contributed by atoms with E-state index in [4.69, 9.17) is 35.1 Å². The van der Waals surface area contributed by atoms with Crippen LogP contribution in [0, 0.1) is 22.7 Å². The maximum Gasteiger partial charge on any atom is 0.265 e. The number of aromatic nitrogens is 4. The molecule has 12 nitrogen and oxygen atoms in total. The summed E-state index contributed by atoms with van der Waals surface area (Å²) in [6.07, 6.45) is 8.35. The molecule has 4 N–H and O–H groups in total. The smallest absolute Gasteiger partial charge is 0.265 e. The van der Waals surface area contributed by atoms with Crippen molar-refractivity contribution in [2.45, 2.75) is 87.2 Å². The molecule has 3 unspecified atom stereocenters. The van der Waals surface area contributed by atoms with Crippen molar-refractivity contribution in [2.24, 2.45) is 22.7 Å². The zero-order valence-electron chi connectivity index (χ0n) is 30.5. The van der Waals surface area contributed by atoms with Gasteiger partial charge < -0.3 is 29.9 Å². The second kappa shape index (κ2) is 12.7. The molecule has 3 saturated carbocycles. The molecular weight excluding hydrogens is 700 g/mol. The highest BCUT2D eigenvalue weighted by Gasteiger charge is 2.90. The van der Waals surface area contributed by atoms with Crippen LogP contribution in [0.5, 0.6) is 11.6 Å². The number of benzene rings is 1. The van der Waals surface area contributed by atoms with Crippen molar-refractivity contribution in [3.8, 4) is 17.4 Å². The number of amides is 1. The summed E-state index contributed by atoms with van der Waals surface area (Å²) in [5, 5.41) is 31.1. The van der Waals surface area contributed by atoms with Gasteiger partial charge in [0.15, 0.2) is 30.9 Å². The Morgan fingerprint density at radius 2 is 1.76 bits per heavy atom. The number of carbonyl (C=O) groups is 1. The van der Waals surface area contributed by atoms with Crippen molar-refractivity contribution >= 4 is 45.2 Å². The number of hydrogen-bond acceptors (Lipinski definition) is 11. The number of aliphatic hydroxyl groups is 2. The van der Waals surface area contributed by atoms with E-state index in [1.54, 1.807) is 18.3 Å². The minimum atomic E-state index is -2.56. The zero-order valence-corrected chi connectivity index (χ0v) is 31.3. The first kappa shape index (κ1) is 35.5. The van der Waals surface area contributed by atoms with Crippen LogP contribution < -0.4 is 24.4 Å². The molecule has 3 aromatic heterocycles. The highest BCUT2D eigenvalue weighted by atomic mass is 32.2. The van der Waals surface area contributed by atoms with Crippen molar-refractivity contribution in [3.63, 3.8) is 0 Å². The van der Waals surface area contributed by atoms with Crippen LogP contribution in [0.3, 0.4) is 0 Å². The molecular formula is C39H43B2N7O5S. The second-order valence-electron chi connectivity index (χ2n) is 16.4. The van der Waals surface area contributed by atoms with Crippen LogP contribution in [-0.2, 0) is 6.61 Å². The van der Waals surface area contributed by atoms with Crippen LogP contribution in [-0.4, -0.2) is 81.4 Å². The summed E-state index contributed by atoms with van der Waals surface area (Å²) in [5.41, 5.74) is -3.58. The van der Waals surface area contributed by atoms with Gasteiger partial charge in [0.05, 0.1) is 11.1 Å². The van der Waals surface area contributed by atoms with Gasteiger partial charge in [-0.2, -0.15) is 0 Å². The minimum Gasteiger partial charge on any atom is -0.485 e. The van der Waals surface area contributed by atoms with E-state index in [9.17, 15) is 15.0 Å². The van der Waals surface area contributed by atoms with E-state index in [1.807, 2.05) is 42.5 Å². The topological polar surface area (TPSA) is 147 Å². The molecule has 4 fully saturated rings. The van der Waals surface area contributed by atoms with Gasteiger partial charge in [0, 0.05) is 42.8 Å². The fourth-order valence-corrected chi connectivity index (χ4v) is 10.1. The Labute approximate surface area is 321 Å². The summed E-state index contributed by atoms with van der Waals surface area (Å²) in [4.78, 5) is 26.0. The number of ether oxygens (including phenoxy) is 2. The molecule has 2 aliphatic heterocycles.